The van der Waals surface area contributed by atoms with Gasteiger partial charge >= 0.3 is 0 Å². The number of para-hydroxylation sites is 1. The van der Waals surface area contributed by atoms with E-state index in [1.807, 2.05) is 30.7 Å². The molecule has 0 amide bonds. The number of rotatable bonds is 6. The summed E-state index contributed by atoms with van der Waals surface area (Å²) < 4.78 is 7.64. The smallest absolute Gasteiger partial charge is 0.131 e. The van der Waals surface area contributed by atoms with Gasteiger partial charge in [-0.1, -0.05) is 30.7 Å². The highest BCUT2D eigenvalue weighted by atomic mass is 35.5. The van der Waals surface area contributed by atoms with Crippen molar-refractivity contribution in [3.63, 3.8) is 0 Å². The molecule has 6 heteroatoms. The van der Waals surface area contributed by atoms with Crippen LogP contribution in [0.3, 0.4) is 0 Å². The summed E-state index contributed by atoms with van der Waals surface area (Å²) in [7, 11) is 0. The molecule has 0 spiro atoms. The number of nitrogen functional groups attached to an aromatic ring is 1. The summed E-state index contributed by atoms with van der Waals surface area (Å²) in [5.74, 6) is 0.554. The number of aromatic nitrogens is 2. The van der Waals surface area contributed by atoms with Gasteiger partial charge in [0.2, 0.25) is 0 Å². The Bertz CT molecular complexity index is 651. The second-order valence-corrected chi connectivity index (χ2v) is 4.95. The molecule has 112 valence electrons. The Morgan fingerprint density at radius 1 is 1.38 bits per heavy atom. The monoisotopic (exact) mass is 306 g/mol. The van der Waals surface area contributed by atoms with Crippen molar-refractivity contribution < 1.29 is 4.74 Å². The zero-order valence-electron chi connectivity index (χ0n) is 12.2. The number of aryl methyl sites for hydroxylation is 2. The Morgan fingerprint density at radius 2 is 2.10 bits per heavy atom. The molecule has 0 aliphatic carbocycles. The molecule has 0 atom stereocenters. The van der Waals surface area contributed by atoms with Gasteiger partial charge in [0.1, 0.15) is 18.2 Å². The van der Waals surface area contributed by atoms with E-state index >= 15 is 0 Å². The van der Waals surface area contributed by atoms with Gasteiger partial charge in [-0.05, 0) is 25.5 Å². The van der Waals surface area contributed by atoms with Crippen molar-refractivity contribution in [2.45, 2.75) is 33.4 Å². The van der Waals surface area contributed by atoms with Crippen molar-refractivity contribution in [2.75, 3.05) is 0 Å². The summed E-state index contributed by atoms with van der Waals surface area (Å²) in [4.78, 5) is 0. The summed E-state index contributed by atoms with van der Waals surface area (Å²) in [5, 5.41) is 12.7. The van der Waals surface area contributed by atoms with Crippen molar-refractivity contribution in [2.24, 2.45) is 5.73 Å². The predicted molar refractivity (Wildman–Crippen MR) is 84.1 cm³/mol. The Hall–Kier alpha value is -2.01. The molecule has 0 saturated heterocycles. The minimum Gasteiger partial charge on any atom is -0.486 e. The molecule has 1 aromatic heterocycles. The molecule has 2 aromatic rings. The van der Waals surface area contributed by atoms with Crippen LogP contribution in [0, 0.1) is 5.41 Å². The first-order chi connectivity index (χ1) is 10.1. The molecule has 0 fully saturated rings. The van der Waals surface area contributed by atoms with E-state index in [0.29, 0.717) is 22.9 Å². The number of amidine groups is 1. The molecule has 1 aromatic carbocycles. The van der Waals surface area contributed by atoms with Crippen LogP contribution >= 0.6 is 11.6 Å². The lowest BCUT2D eigenvalue weighted by Gasteiger charge is -2.11. The van der Waals surface area contributed by atoms with Crippen LogP contribution in [0.5, 0.6) is 5.75 Å². The van der Waals surface area contributed by atoms with Crippen LogP contribution in [0.2, 0.25) is 5.02 Å². The Kier molecular flexibility index (Phi) is 4.85. The van der Waals surface area contributed by atoms with Gasteiger partial charge in [-0.3, -0.25) is 10.1 Å². The van der Waals surface area contributed by atoms with E-state index in [-0.39, 0.29) is 5.84 Å². The first kappa shape index (κ1) is 15.4. The number of hydrogen-bond donors (Lipinski definition) is 2. The molecule has 0 radical (unpaired) electrons. The van der Waals surface area contributed by atoms with Gasteiger partial charge in [0.15, 0.2) is 0 Å². The number of nitrogens with two attached hydrogens (primary N) is 1. The molecule has 0 unspecified atom stereocenters. The van der Waals surface area contributed by atoms with Gasteiger partial charge in [0.25, 0.3) is 0 Å². The van der Waals surface area contributed by atoms with Gasteiger partial charge in [-0.25, -0.2) is 0 Å². The summed E-state index contributed by atoms with van der Waals surface area (Å²) in [5.41, 5.74) is 7.84. The van der Waals surface area contributed by atoms with Gasteiger partial charge < -0.3 is 10.5 Å². The minimum atomic E-state index is -0.0186. The lowest BCUT2D eigenvalue weighted by atomic mass is 10.2. The van der Waals surface area contributed by atoms with E-state index in [1.165, 1.54) is 0 Å². The Balaban J connectivity index is 2.25. The maximum atomic E-state index is 7.57. The molecule has 0 saturated carbocycles. The molecule has 5 nitrogen and oxygen atoms in total. The third-order valence-corrected chi connectivity index (χ3v) is 3.67. The number of hydrogen-bond acceptors (Lipinski definition) is 3. The lowest BCUT2D eigenvalue weighted by Crippen LogP contribution is -2.14. The third kappa shape index (κ3) is 3.19. The first-order valence-corrected chi connectivity index (χ1v) is 7.26. The fraction of sp³-hybridized carbons (Fsp3) is 0.333. The lowest BCUT2D eigenvalue weighted by molar-refractivity contribution is 0.292. The number of halogens is 1. The molecular formula is C15H19ClN4O. The van der Waals surface area contributed by atoms with Crippen LogP contribution < -0.4 is 10.5 Å². The second-order valence-electron chi connectivity index (χ2n) is 4.58. The predicted octanol–water partition coefficient (Wildman–Crippen LogP) is 2.98. The van der Waals surface area contributed by atoms with Gasteiger partial charge in [-0.15, -0.1) is 0 Å². The van der Waals surface area contributed by atoms with Crippen LogP contribution in [0.15, 0.2) is 24.3 Å². The summed E-state index contributed by atoms with van der Waals surface area (Å²) in [6.07, 6.45) is 0.781. The van der Waals surface area contributed by atoms with Gasteiger partial charge in [0.05, 0.1) is 22.0 Å². The average Bonchev–Trinajstić information content (AvgIpc) is 2.80. The fourth-order valence-electron chi connectivity index (χ4n) is 2.12. The van der Waals surface area contributed by atoms with Crippen molar-refractivity contribution in [1.29, 1.82) is 5.41 Å². The molecule has 1 heterocycles. The summed E-state index contributed by atoms with van der Waals surface area (Å²) >= 11 is 6.35. The number of benzene rings is 1. The number of nitrogens with zero attached hydrogens (tertiary/aromatic N) is 2. The van der Waals surface area contributed by atoms with Crippen LogP contribution in [-0.4, -0.2) is 15.6 Å². The average molecular weight is 307 g/mol. The fourth-order valence-corrected chi connectivity index (χ4v) is 2.44. The quantitative estimate of drug-likeness (QED) is 0.636. The molecule has 2 rings (SSSR count). The highest BCUT2D eigenvalue weighted by Crippen LogP contribution is 2.24. The maximum absolute atomic E-state index is 7.57. The summed E-state index contributed by atoms with van der Waals surface area (Å²) in [6, 6.07) is 7.21. The normalized spacial score (nSPS) is 10.6. The highest BCUT2D eigenvalue weighted by Gasteiger charge is 2.15. The Labute approximate surface area is 129 Å². The van der Waals surface area contributed by atoms with Crippen molar-refractivity contribution in [3.8, 4) is 5.75 Å². The standard InChI is InChI=1S/C15H19ClN4O/c1-3-11-14(16)12(20(4-2)19-11)9-21-13-8-6-5-7-10(13)15(17)18/h5-8H,3-4,9H2,1-2H3,(H3,17,18). The molecule has 0 aliphatic rings. The van der Waals surface area contributed by atoms with E-state index in [4.69, 9.17) is 27.5 Å². The number of nitrogens with one attached hydrogen (secondary N) is 1. The van der Waals surface area contributed by atoms with Crippen LogP contribution in [0.1, 0.15) is 30.8 Å². The van der Waals surface area contributed by atoms with Crippen molar-refractivity contribution in [1.82, 2.24) is 9.78 Å². The van der Waals surface area contributed by atoms with E-state index < -0.39 is 0 Å². The maximum Gasteiger partial charge on any atom is 0.131 e. The Morgan fingerprint density at radius 3 is 2.71 bits per heavy atom. The number of ether oxygens (including phenoxy) is 1. The largest absolute Gasteiger partial charge is 0.486 e. The van der Waals surface area contributed by atoms with Crippen molar-refractivity contribution >= 4 is 17.4 Å². The summed E-state index contributed by atoms with van der Waals surface area (Å²) in [6.45, 7) is 5.05. The first-order valence-electron chi connectivity index (χ1n) is 6.88. The van der Waals surface area contributed by atoms with E-state index in [1.54, 1.807) is 12.1 Å². The SMILES string of the molecule is CCc1nn(CC)c(COc2ccccc2C(=N)N)c1Cl. The second kappa shape index (κ2) is 6.63. The van der Waals surface area contributed by atoms with Crippen LogP contribution in [0.25, 0.3) is 0 Å². The molecule has 21 heavy (non-hydrogen) atoms. The van der Waals surface area contributed by atoms with E-state index in [0.717, 1.165) is 24.4 Å². The molecule has 0 aliphatic heterocycles. The molecular weight excluding hydrogens is 288 g/mol. The molecule has 0 bridgehead atoms. The minimum absolute atomic E-state index is 0.0186. The highest BCUT2D eigenvalue weighted by molar-refractivity contribution is 6.31. The van der Waals surface area contributed by atoms with E-state index in [9.17, 15) is 0 Å². The van der Waals surface area contributed by atoms with E-state index in [2.05, 4.69) is 5.10 Å². The van der Waals surface area contributed by atoms with Crippen molar-refractivity contribution in [3.05, 3.63) is 46.2 Å². The van der Waals surface area contributed by atoms with Gasteiger partial charge in [0, 0.05) is 6.54 Å². The third-order valence-electron chi connectivity index (χ3n) is 3.24. The molecule has 3 N–H and O–H groups in total. The van der Waals surface area contributed by atoms with Gasteiger partial charge in [-0.2, -0.15) is 5.10 Å². The van der Waals surface area contributed by atoms with Crippen LogP contribution in [0.4, 0.5) is 0 Å². The topological polar surface area (TPSA) is 76.9 Å². The zero-order valence-corrected chi connectivity index (χ0v) is 12.9. The zero-order chi connectivity index (χ0) is 15.4. The van der Waals surface area contributed by atoms with Crippen LogP contribution in [-0.2, 0) is 19.6 Å².